The summed E-state index contributed by atoms with van der Waals surface area (Å²) in [6.07, 6.45) is 2.25. The fourth-order valence-electron chi connectivity index (χ4n) is 2.01. The molecule has 5 heteroatoms. The maximum Gasteiger partial charge on any atom is 0.320 e. The summed E-state index contributed by atoms with van der Waals surface area (Å²) in [5.41, 5.74) is 0.949. The number of rotatable bonds is 6. The molecule has 104 valence electrons. The van der Waals surface area contributed by atoms with Gasteiger partial charge in [-0.15, -0.1) is 0 Å². The van der Waals surface area contributed by atoms with Crippen molar-refractivity contribution in [1.82, 2.24) is 4.90 Å². The number of benzene rings is 1. The summed E-state index contributed by atoms with van der Waals surface area (Å²) in [4.78, 5) is 13.7. The van der Waals surface area contributed by atoms with Crippen molar-refractivity contribution in [3.63, 3.8) is 0 Å². The van der Waals surface area contributed by atoms with Gasteiger partial charge in [-0.25, -0.2) is 0 Å². The third-order valence-corrected chi connectivity index (χ3v) is 3.69. The topological polar surface area (TPSA) is 29.5 Å². The van der Waals surface area contributed by atoms with Gasteiger partial charge in [0.05, 0.1) is 13.2 Å². The quantitative estimate of drug-likeness (QED) is 0.753. The Morgan fingerprint density at radius 2 is 2.16 bits per heavy atom. The van der Waals surface area contributed by atoms with Gasteiger partial charge in [0.25, 0.3) is 0 Å². The van der Waals surface area contributed by atoms with Crippen molar-refractivity contribution in [2.45, 2.75) is 32.4 Å². The van der Waals surface area contributed by atoms with Crippen LogP contribution in [0.1, 0.15) is 25.3 Å². The van der Waals surface area contributed by atoms with E-state index in [1.165, 1.54) is 0 Å². The number of esters is 1. The molecule has 3 nitrogen and oxygen atoms in total. The van der Waals surface area contributed by atoms with Crippen LogP contribution >= 0.6 is 23.2 Å². The second-order valence-electron chi connectivity index (χ2n) is 4.68. The van der Waals surface area contributed by atoms with Crippen LogP contribution < -0.4 is 0 Å². The van der Waals surface area contributed by atoms with Gasteiger partial charge in [-0.3, -0.25) is 9.69 Å². The molecule has 0 saturated heterocycles. The Morgan fingerprint density at radius 1 is 1.42 bits per heavy atom. The van der Waals surface area contributed by atoms with Crippen LogP contribution in [0.25, 0.3) is 0 Å². The maximum absolute atomic E-state index is 11.6. The van der Waals surface area contributed by atoms with Gasteiger partial charge in [-0.05, 0) is 43.5 Å². The van der Waals surface area contributed by atoms with Gasteiger partial charge >= 0.3 is 5.97 Å². The van der Waals surface area contributed by atoms with E-state index in [1.54, 1.807) is 12.1 Å². The normalized spacial score (nSPS) is 14.7. The lowest BCUT2D eigenvalue weighted by molar-refractivity contribution is -0.144. The summed E-state index contributed by atoms with van der Waals surface area (Å²) in [6, 6.07) is 5.86. The summed E-state index contributed by atoms with van der Waals surface area (Å²) in [5.74, 6) is -0.187. The monoisotopic (exact) mass is 301 g/mol. The molecule has 0 aliphatic heterocycles. The number of hydrogen-bond donors (Lipinski definition) is 0. The van der Waals surface area contributed by atoms with Gasteiger partial charge in [0.2, 0.25) is 0 Å². The third-order valence-electron chi connectivity index (χ3n) is 3.08. The molecular weight excluding hydrogens is 285 g/mol. The number of ether oxygens (including phenoxy) is 1. The van der Waals surface area contributed by atoms with Crippen molar-refractivity contribution in [3.8, 4) is 0 Å². The highest BCUT2D eigenvalue weighted by atomic mass is 35.5. The summed E-state index contributed by atoms with van der Waals surface area (Å²) in [6.45, 7) is 3.16. The molecule has 1 aliphatic rings. The van der Waals surface area contributed by atoms with E-state index in [-0.39, 0.29) is 5.97 Å². The minimum Gasteiger partial charge on any atom is -0.465 e. The van der Waals surface area contributed by atoms with E-state index in [4.69, 9.17) is 27.9 Å². The average molecular weight is 302 g/mol. The van der Waals surface area contributed by atoms with E-state index >= 15 is 0 Å². The van der Waals surface area contributed by atoms with E-state index in [2.05, 4.69) is 4.90 Å². The Bertz CT molecular complexity index is 461. The van der Waals surface area contributed by atoms with Gasteiger partial charge in [0, 0.05) is 22.6 Å². The summed E-state index contributed by atoms with van der Waals surface area (Å²) in [7, 11) is 0. The molecular formula is C14H17Cl2NO2. The summed E-state index contributed by atoms with van der Waals surface area (Å²) < 4.78 is 5.00. The standard InChI is InChI=1S/C14H17Cl2NO2/c1-2-19-14(18)9-17(12-4-5-12)8-10-7-11(15)3-6-13(10)16/h3,6-7,12H,2,4-5,8-9H2,1H3. The smallest absolute Gasteiger partial charge is 0.320 e. The number of halogens is 2. The Kier molecular flexibility index (Phi) is 5.08. The first-order valence-corrected chi connectivity index (χ1v) is 7.19. The zero-order valence-corrected chi connectivity index (χ0v) is 12.4. The first-order chi connectivity index (χ1) is 9.10. The first-order valence-electron chi connectivity index (χ1n) is 6.43. The maximum atomic E-state index is 11.6. The highest BCUT2D eigenvalue weighted by molar-refractivity contribution is 6.33. The van der Waals surface area contributed by atoms with Gasteiger partial charge in [-0.1, -0.05) is 23.2 Å². The molecule has 0 N–H and O–H groups in total. The van der Waals surface area contributed by atoms with E-state index in [0.29, 0.717) is 35.8 Å². The van der Waals surface area contributed by atoms with Gasteiger partial charge in [-0.2, -0.15) is 0 Å². The number of hydrogen-bond acceptors (Lipinski definition) is 3. The second-order valence-corrected chi connectivity index (χ2v) is 5.52. The van der Waals surface area contributed by atoms with Gasteiger partial charge in [0.1, 0.15) is 0 Å². The summed E-state index contributed by atoms with van der Waals surface area (Å²) in [5, 5.41) is 1.34. The van der Waals surface area contributed by atoms with Crippen molar-refractivity contribution < 1.29 is 9.53 Å². The van der Waals surface area contributed by atoms with Crippen LogP contribution in [-0.4, -0.2) is 30.1 Å². The van der Waals surface area contributed by atoms with Crippen molar-refractivity contribution in [2.24, 2.45) is 0 Å². The second kappa shape index (κ2) is 6.60. The number of carbonyl (C=O) groups excluding carboxylic acids is 1. The van der Waals surface area contributed by atoms with E-state index < -0.39 is 0 Å². The van der Waals surface area contributed by atoms with Crippen LogP contribution in [0, 0.1) is 0 Å². The van der Waals surface area contributed by atoms with Crippen LogP contribution in [-0.2, 0) is 16.1 Å². The lowest BCUT2D eigenvalue weighted by Crippen LogP contribution is -2.32. The Morgan fingerprint density at radius 3 is 2.79 bits per heavy atom. The molecule has 0 aromatic heterocycles. The molecule has 1 aromatic rings. The molecule has 0 heterocycles. The lowest BCUT2D eigenvalue weighted by atomic mass is 10.2. The fraction of sp³-hybridized carbons (Fsp3) is 0.500. The Labute approximate surface area is 123 Å². The lowest BCUT2D eigenvalue weighted by Gasteiger charge is -2.21. The van der Waals surface area contributed by atoms with Gasteiger partial charge < -0.3 is 4.74 Å². The zero-order valence-electron chi connectivity index (χ0n) is 10.9. The molecule has 0 amide bonds. The van der Waals surface area contributed by atoms with Crippen LogP contribution in [0.15, 0.2) is 18.2 Å². The van der Waals surface area contributed by atoms with Crippen molar-refractivity contribution >= 4 is 29.2 Å². The van der Waals surface area contributed by atoms with Crippen molar-refractivity contribution in [1.29, 1.82) is 0 Å². The molecule has 0 spiro atoms. The van der Waals surface area contributed by atoms with Crippen molar-refractivity contribution in [3.05, 3.63) is 33.8 Å². The third kappa shape index (κ3) is 4.37. The molecule has 1 fully saturated rings. The molecule has 1 aromatic carbocycles. The predicted octanol–water partition coefficient (Wildman–Crippen LogP) is 3.52. The molecule has 19 heavy (non-hydrogen) atoms. The SMILES string of the molecule is CCOC(=O)CN(Cc1cc(Cl)ccc1Cl)C1CC1. The molecule has 1 aliphatic carbocycles. The van der Waals surface area contributed by atoms with E-state index in [1.807, 2.05) is 13.0 Å². The van der Waals surface area contributed by atoms with Gasteiger partial charge in [0.15, 0.2) is 0 Å². The molecule has 0 bridgehead atoms. The zero-order chi connectivity index (χ0) is 13.8. The number of carbonyl (C=O) groups is 1. The fourth-order valence-corrected chi connectivity index (χ4v) is 2.38. The molecule has 2 rings (SSSR count). The first kappa shape index (κ1) is 14.6. The van der Waals surface area contributed by atoms with Crippen LogP contribution in [0.4, 0.5) is 0 Å². The average Bonchev–Trinajstić information content (AvgIpc) is 3.17. The highest BCUT2D eigenvalue weighted by Crippen LogP contribution is 2.30. The predicted molar refractivity (Wildman–Crippen MR) is 76.5 cm³/mol. The van der Waals surface area contributed by atoms with Crippen LogP contribution in [0.5, 0.6) is 0 Å². The highest BCUT2D eigenvalue weighted by Gasteiger charge is 2.31. The minimum atomic E-state index is -0.187. The Balaban J connectivity index is 2.04. The van der Waals surface area contributed by atoms with E-state index in [9.17, 15) is 4.79 Å². The number of nitrogens with zero attached hydrogens (tertiary/aromatic N) is 1. The van der Waals surface area contributed by atoms with E-state index in [0.717, 1.165) is 18.4 Å². The molecule has 1 saturated carbocycles. The summed E-state index contributed by atoms with van der Waals surface area (Å²) >= 11 is 12.1. The van der Waals surface area contributed by atoms with Crippen LogP contribution in [0.2, 0.25) is 10.0 Å². The largest absolute Gasteiger partial charge is 0.465 e. The molecule has 0 radical (unpaired) electrons. The van der Waals surface area contributed by atoms with Crippen molar-refractivity contribution in [2.75, 3.05) is 13.2 Å². The molecule has 0 atom stereocenters. The van der Waals surface area contributed by atoms with Crippen LogP contribution in [0.3, 0.4) is 0 Å². The Hall–Kier alpha value is -0.770. The molecule has 0 unspecified atom stereocenters. The minimum absolute atomic E-state index is 0.187.